The number of hydrogen-bond acceptors (Lipinski definition) is 2. The van der Waals surface area contributed by atoms with Gasteiger partial charge in [0, 0.05) is 5.02 Å². The molecule has 0 atom stereocenters. The highest BCUT2D eigenvalue weighted by Gasteiger charge is 2.20. The van der Waals surface area contributed by atoms with Crippen LogP contribution in [-0.4, -0.2) is 14.0 Å². The molecule has 0 heterocycles. The SMILES string of the molecule is C[Si](C)(C)c1ccccc1COC(=O)c1ccc(Cl)cc1. The molecule has 0 N–H and O–H groups in total. The predicted octanol–water partition coefficient (Wildman–Crippen LogP) is 4.24. The summed E-state index contributed by atoms with van der Waals surface area (Å²) in [5.41, 5.74) is 1.61. The maximum atomic E-state index is 12.0. The number of hydrogen-bond donors (Lipinski definition) is 0. The van der Waals surface area contributed by atoms with Crippen LogP contribution in [0.5, 0.6) is 0 Å². The van der Waals surface area contributed by atoms with E-state index in [4.69, 9.17) is 16.3 Å². The molecule has 0 unspecified atom stereocenters. The molecule has 0 aromatic heterocycles. The third-order valence-electron chi connectivity index (χ3n) is 3.26. The molecule has 0 radical (unpaired) electrons. The summed E-state index contributed by atoms with van der Waals surface area (Å²) in [6, 6.07) is 14.9. The molecule has 4 heteroatoms. The van der Waals surface area contributed by atoms with Gasteiger partial charge in [0.2, 0.25) is 0 Å². The summed E-state index contributed by atoms with van der Waals surface area (Å²) >= 11 is 5.81. The highest BCUT2D eigenvalue weighted by Crippen LogP contribution is 2.12. The maximum absolute atomic E-state index is 12.0. The lowest BCUT2D eigenvalue weighted by atomic mass is 10.2. The van der Waals surface area contributed by atoms with E-state index in [0.717, 1.165) is 5.56 Å². The van der Waals surface area contributed by atoms with E-state index in [2.05, 4.69) is 25.7 Å². The van der Waals surface area contributed by atoms with Gasteiger partial charge in [-0.1, -0.05) is 60.7 Å². The largest absolute Gasteiger partial charge is 0.457 e. The van der Waals surface area contributed by atoms with Crippen LogP contribution in [0.3, 0.4) is 0 Å². The molecule has 0 aliphatic rings. The van der Waals surface area contributed by atoms with Gasteiger partial charge in [-0.15, -0.1) is 0 Å². The van der Waals surface area contributed by atoms with Crippen molar-refractivity contribution in [3.05, 3.63) is 64.7 Å². The van der Waals surface area contributed by atoms with Gasteiger partial charge in [0.15, 0.2) is 0 Å². The van der Waals surface area contributed by atoms with Crippen LogP contribution < -0.4 is 5.19 Å². The van der Waals surface area contributed by atoms with E-state index in [0.29, 0.717) is 17.2 Å². The standard InChI is InChI=1S/C17H19ClO2Si/c1-21(2,3)16-7-5-4-6-14(16)12-20-17(19)13-8-10-15(18)11-9-13/h4-11H,12H2,1-3H3. The molecule has 2 nitrogen and oxygen atoms in total. The van der Waals surface area contributed by atoms with Crippen LogP contribution in [0.1, 0.15) is 15.9 Å². The van der Waals surface area contributed by atoms with Gasteiger partial charge in [-0.05, 0) is 29.8 Å². The first-order valence-corrected chi connectivity index (χ1v) is 10.8. The van der Waals surface area contributed by atoms with Crippen LogP contribution in [0, 0.1) is 0 Å². The van der Waals surface area contributed by atoms with Gasteiger partial charge in [-0.2, -0.15) is 0 Å². The second kappa shape index (κ2) is 6.46. The first-order valence-electron chi connectivity index (χ1n) is 6.89. The topological polar surface area (TPSA) is 26.3 Å². The molecule has 0 spiro atoms. The second-order valence-electron chi connectivity index (χ2n) is 5.99. The zero-order chi connectivity index (χ0) is 15.5. The monoisotopic (exact) mass is 318 g/mol. The molecular formula is C17H19ClO2Si. The van der Waals surface area contributed by atoms with E-state index in [1.807, 2.05) is 18.2 Å². The summed E-state index contributed by atoms with van der Waals surface area (Å²) in [5, 5.41) is 1.93. The Balaban J connectivity index is 2.10. The third-order valence-corrected chi connectivity index (χ3v) is 5.62. The van der Waals surface area contributed by atoms with Crippen molar-refractivity contribution in [1.82, 2.24) is 0 Å². The van der Waals surface area contributed by atoms with Gasteiger partial charge < -0.3 is 4.74 Å². The van der Waals surface area contributed by atoms with E-state index < -0.39 is 8.07 Å². The molecule has 0 bridgehead atoms. The van der Waals surface area contributed by atoms with Crippen LogP contribution in [0.25, 0.3) is 0 Å². The predicted molar refractivity (Wildman–Crippen MR) is 90.0 cm³/mol. The Morgan fingerprint density at radius 1 is 1.05 bits per heavy atom. The van der Waals surface area contributed by atoms with E-state index in [-0.39, 0.29) is 5.97 Å². The molecule has 0 aliphatic carbocycles. The molecular weight excluding hydrogens is 300 g/mol. The molecule has 0 amide bonds. The second-order valence-corrected chi connectivity index (χ2v) is 11.5. The lowest BCUT2D eigenvalue weighted by Crippen LogP contribution is -2.40. The average Bonchev–Trinajstić information content (AvgIpc) is 2.45. The van der Waals surface area contributed by atoms with Crippen molar-refractivity contribution < 1.29 is 9.53 Å². The fourth-order valence-corrected chi connectivity index (χ4v) is 4.03. The molecule has 0 saturated heterocycles. The van der Waals surface area contributed by atoms with E-state index >= 15 is 0 Å². The normalized spacial score (nSPS) is 11.2. The molecule has 0 saturated carbocycles. The van der Waals surface area contributed by atoms with Crippen molar-refractivity contribution in [1.29, 1.82) is 0 Å². The van der Waals surface area contributed by atoms with Crippen LogP contribution in [-0.2, 0) is 11.3 Å². The maximum Gasteiger partial charge on any atom is 0.338 e. The summed E-state index contributed by atoms with van der Waals surface area (Å²) in [6.45, 7) is 7.16. The molecule has 21 heavy (non-hydrogen) atoms. The minimum Gasteiger partial charge on any atom is -0.457 e. The molecule has 2 aromatic carbocycles. The molecule has 2 rings (SSSR count). The molecule has 2 aromatic rings. The number of carbonyl (C=O) groups is 1. The lowest BCUT2D eigenvalue weighted by molar-refractivity contribution is 0.0474. The highest BCUT2D eigenvalue weighted by atomic mass is 35.5. The zero-order valence-corrected chi connectivity index (χ0v) is 14.3. The van der Waals surface area contributed by atoms with Crippen LogP contribution >= 0.6 is 11.6 Å². The van der Waals surface area contributed by atoms with Gasteiger partial charge in [-0.3, -0.25) is 0 Å². The van der Waals surface area contributed by atoms with Crippen molar-refractivity contribution in [2.45, 2.75) is 26.2 Å². The summed E-state index contributed by atoms with van der Waals surface area (Å²) in [5.74, 6) is -0.322. The van der Waals surface area contributed by atoms with Crippen molar-refractivity contribution in [2.75, 3.05) is 0 Å². The Labute approximate surface area is 131 Å². The van der Waals surface area contributed by atoms with Gasteiger partial charge in [-0.25, -0.2) is 4.79 Å². The Kier molecular flexibility index (Phi) is 4.86. The average molecular weight is 319 g/mol. The minimum absolute atomic E-state index is 0.307. The van der Waals surface area contributed by atoms with Gasteiger partial charge in [0.1, 0.15) is 6.61 Å². The first-order chi connectivity index (χ1) is 9.88. The Bertz CT molecular complexity index is 630. The van der Waals surface area contributed by atoms with Crippen molar-refractivity contribution in [3.8, 4) is 0 Å². The van der Waals surface area contributed by atoms with Crippen LogP contribution in [0.2, 0.25) is 24.7 Å². The number of rotatable bonds is 4. The number of esters is 1. The van der Waals surface area contributed by atoms with Gasteiger partial charge >= 0.3 is 5.97 Å². The summed E-state index contributed by atoms with van der Waals surface area (Å²) in [7, 11) is -1.45. The first kappa shape index (κ1) is 15.8. The number of benzene rings is 2. The van der Waals surface area contributed by atoms with E-state index in [1.54, 1.807) is 24.3 Å². The third kappa shape index (κ3) is 4.19. The Hall–Kier alpha value is -1.58. The van der Waals surface area contributed by atoms with E-state index in [1.165, 1.54) is 5.19 Å². The number of carbonyl (C=O) groups excluding carboxylic acids is 1. The van der Waals surface area contributed by atoms with Crippen LogP contribution in [0.15, 0.2) is 48.5 Å². The quantitative estimate of drug-likeness (QED) is 0.622. The van der Waals surface area contributed by atoms with Crippen LogP contribution in [0.4, 0.5) is 0 Å². The Morgan fingerprint density at radius 3 is 2.29 bits per heavy atom. The smallest absolute Gasteiger partial charge is 0.338 e. The minimum atomic E-state index is -1.45. The number of ether oxygens (including phenoxy) is 1. The van der Waals surface area contributed by atoms with E-state index in [9.17, 15) is 4.79 Å². The van der Waals surface area contributed by atoms with Crippen molar-refractivity contribution in [3.63, 3.8) is 0 Å². The van der Waals surface area contributed by atoms with Gasteiger partial charge in [0.25, 0.3) is 0 Å². The number of halogens is 1. The van der Waals surface area contributed by atoms with Crippen molar-refractivity contribution >= 4 is 30.8 Å². The van der Waals surface area contributed by atoms with Crippen molar-refractivity contribution in [2.24, 2.45) is 0 Å². The summed E-state index contributed by atoms with van der Waals surface area (Å²) < 4.78 is 5.43. The fourth-order valence-electron chi connectivity index (χ4n) is 2.19. The summed E-state index contributed by atoms with van der Waals surface area (Å²) in [4.78, 5) is 12.0. The highest BCUT2D eigenvalue weighted by molar-refractivity contribution is 6.89. The lowest BCUT2D eigenvalue weighted by Gasteiger charge is -2.20. The van der Waals surface area contributed by atoms with Gasteiger partial charge in [0.05, 0.1) is 13.6 Å². The summed E-state index contributed by atoms with van der Waals surface area (Å²) in [6.07, 6.45) is 0. The zero-order valence-electron chi connectivity index (χ0n) is 12.5. The Morgan fingerprint density at radius 2 is 1.67 bits per heavy atom. The molecule has 110 valence electrons. The molecule has 0 aliphatic heterocycles. The molecule has 0 fully saturated rings. The fraction of sp³-hybridized carbons (Fsp3) is 0.235.